The van der Waals surface area contributed by atoms with Crippen LogP contribution in [0.25, 0.3) is 5.65 Å². The van der Waals surface area contributed by atoms with Gasteiger partial charge in [-0.05, 0) is 38.8 Å². The van der Waals surface area contributed by atoms with E-state index in [2.05, 4.69) is 10.3 Å². The van der Waals surface area contributed by atoms with Crippen LogP contribution < -0.4 is 10.9 Å². The number of rotatable bonds is 6. The second-order valence-electron chi connectivity index (χ2n) is 6.51. The maximum atomic E-state index is 12.6. The van der Waals surface area contributed by atoms with Crippen molar-refractivity contribution in [3.05, 3.63) is 46.0 Å². The van der Waals surface area contributed by atoms with Crippen LogP contribution >= 0.6 is 0 Å². The Hall–Kier alpha value is -2.21. The molecule has 2 heterocycles. The van der Waals surface area contributed by atoms with Crippen LogP contribution in [0.1, 0.15) is 42.2 Å². The number of aromatic nitrogens is 2. The third-order valence-corrected chi connectivity index (χ3v) is 4.82. The van der Waals surface area contributed by atoms with E-state index in [4.69, 9.17) is 4.74 Å². The van der Waals surface area contributed by atoms with Gasteiger partial charge in [-0.1, -0.05) is 12.5 Å². The maximum absolute atomic E-state index is 12.6. The molecular formula is C18H23N3O3. The Morgan fingerprint density at radius 3 is 2.88 bits per heavy atom. The topological polar surface area (TPSA) is 72.7 Å². The minimum absolute atomic E-state index is 0.0159. The van der Waals surface area contributed by atoms with Gasteiger partial charge in [-0.15, -0.1) is 0 Å². The van der Waals surface area contributed by atoms with E-state index < -0.39 is 0 Å². The average Bonchev–Trinajstić information content (AvgIpc) is 2.53. The standard InChI is InChI=1S/C18H23N3O3/c1-3-24-12-18(8-5-9-18)11-20-16(22)14-10-19-15-7-4-6-13(2)21(15)17(14)23/h4,6-7,10H,3,5,8-9,11-12H2,1-2H3,(H,20,22). The molecule has 128 valence electrons. The summed E-state index contributed by atoms with van der Waals surface area (Å²) in [7, 11) is 0. The molecule has 1 amide bonds. The molecule has 0 radical (unpaired) electrons. The summed E-state index contributed by atoms with van der Waals surface area (Å²) in [5.74, 6) is -0.368. The van der Waals surface area contributed by atoms with E-state index in [0.717, 1.165) is 25.0 Å². The number of pyridine rings is 1. The second-order valence-corrected chi connectivity index (χ2v) is 6.51. The fraction of sp³-hybridized carbons (Fsp3) is 0.500. The molecule has 24 heavy (non-hydrogen) atoms. The van der Waals surface area contributed by atoms with Crippen molar-refractivity contribution in [2.45, 2.75) is 33.1 Å². The first kappa shape index (κ1) is 16.6. The normalized spacial score (nSPS) is 15.9. The highest BCUT2D eigenvalue weighted by Gasteiger charge is 2.37. The zero-order valence-electron chi connectivity index (χ0n) is 14.2. The average molecular weight is 329 g/mol. The smallest absolute Gasteiger partial charge is 0.270 e. The highest BCUT2D eigenvalue weighted by molar-refractivity contribution is 5.93. The molecule has 0 bridgehead atoms. The van der Waals surface area contributed by atoms with E-state index >= 15 is 0 Å². The predicted molar refractivity (Wildman–Crippen MR) is 91.3 cm³/mol. The summed E-state index contributed by atoms with van der Waals surface area (Å²) in [6, 6.07) is 5.41. The summed E-state index contributed by atoms with van der Waals surface area (Å²) in [6.45, 7) is 5.64. The minimum Gasteiger partial charge on any atom is -0.381 e. The van der Waals surface area contributed by atoms with Gasteiger partial charge in [-0.25, -0.2) is 4.98 Å². The van der Waals surface area contributed by atoms with Crippen LogP contribution in [0.15, 0.2) is 29.2 Å². The van der Waals surface area contributed by atoms with Gasteiger partial charge in [-0.3, -0.25) is 14.0 Å². The van der Waals surface area contributed by atoms with Gasteiger partial charge in [0.1, 0.15) is 11.2 Å². The molecule has 1 saturated carbocycles. The molecule has 0 spiro atoms. The summed E-state index contributed by atoms with van der Waals surface area (Å²) in [5.41, 5.74) is 1.06. The first-order chi connectivity index (χ1) is 11.6. The number of nitrogens with zero attached hydrogens (tertiary/aromatic N) is 2. The lowest BCUT2D eigenvalue weighted by atomic mass is 9.69. The number of ether oxygens (including phenoxy) is 1. The van der Waals surface area contributed by atoms with Crippen LogP contribution in [0, 0.1) is 12.3 Å². The molecule has 0 atom stereocenters. The molecule has 1 N–H and O–H groups in total. The van der Waals surface area contributed by atoms with Crippen molar-refractivity contribution in [1.29, 1.82) is 0 Å². The fourth-order valence-corrected chi connectivity index (χ4v) is 3.16. The van der Waals surface area contributed by atoms with Gasteiger partial charge in [0.2, 0.25) is 0 Å². The molecule has 1 fully saturated rings. The van der Waals surface area contributed by atoms with Gasteiger partial charge < -0.3 is 10.1 Å². The monoisotopic (exact) mass is 329 g/mol. The molecule has 0 aliphatic heterocycles. The third kappa shape index (κ3) is 3.06. The lowest BCUT2D eigenvalue weighted by Crippen LogP contribution is -2.46. The molecule has 1 aliphatic carbocycles. The molecule has 0 saturated heterocycles. The zero-order chi connectivity index (χ0) is 17.2. The van der Waals surface area contributed by atoms with Crippen molar-refractivity contribution in [3.8, 4) is 0 Å². The quantitative estimate of drug-likeness (QED) is 0.879. The molecule has 2 aromatic rings. The molecule has 3 rings (SSSR count). The number of fused-ring (bicyclic) bond motifs is 1. The molecule has 1 aliphatic rings. The Morgan fingerprint density at radius 2 is 2.21 bits per heavy atom. The summed E-state index contributed by atoms with van der Waals surface area (Å²) < 4.78 is 7.01. The first-order valence-corrected chi connectivity index (χ1v) is 8.40. The largest absolute Gasteiger partial charge is 0.381 e. The Labute approximate surface area is 140 Å². The van der Waals surface area contributed by atoms with Gasteiger partial charge in [0.05, 0.1) is 6.61 Å². The number of nitrogens with one attached hydrogen (secondary N) is 1. The summed E-state index contributed by atoms with van der Waals surface area (Å²) in [5, 5.41) is 2.90. The Bertz CT molecular complexity index is 809. The molecule has 2 aromatic heterocycles. The number of amides is 1. The fourth-order valence-electron chi connectivity index (χ4n) is 3.16. The van der Waals surface area contributed by atoms with E-state index in [1.165, 1.54) is 10.6 Å². The summed E-state index contributed by atoms with van der Waals surface area (Å²) >= 11 is 0. The van der Waals surface area contributed by atoms with Crippen LogP contribution in [0.4, 0.5) is 0 Å². The van der Waals surface area contributed by atoms with E-state index in [0.29, 0.717) is 25.4 Å². The summed E-state index contributed by atoms with van der Waals surface area (Å²) in [4.78, 5) is 29.3. The third-order valence-electron chi connectivity index (χ3n) is 4.82. The van der Waals surface area contributed by atoms with Crippen molar-refractivity contribution in [2.75, 3.05) is 19.8 Å². The molecule has 0 unspecified atom stereocenters. The Balaban J connectivity index is 1.78. The molecule has 0 aromatic carbocycles. The Morgan fingerprint density at radius 1 is 1.42 bits per heavy atom. The number of hydrogen-bond acceptors (Lipinski definition) is 4. The number of carbonyl (C=O) groups excluding carboxylic acids is 1. The van der Waals surface area contributed by atoms with Crippen LogP contribution in [-0.4, -0.2) is 35.1 Å². The number of carbonyl (C=O) groups is 1. The molecule has 6 nitrogen and oxygen atoms in total. The highest BCUT2D eigenvalue weighted by Crippen LogP contribution is 2.40. The van der Waals surface area contributed by atoms with E-state index in [1.54, 1.807) is 6.07 Å². The number of aryl methyl sites for hydroxylation is 1. The molecular weight excluding hydrogens is 306 g/mol. The van der Waals surface area contributed by atoms with Crippen LogP contribution in [0.5, 0.6) is 0 Å². The van der Waals surface area contributed by atoms with E-state index in [1.807, 2.05) is 26.0 Å². The first-order valence-electron chi connectivity index (χ1n) is 8.40. The van der Waals surface area contributed by atoms with Gasteiger partial charge in [0.15, 0.2) is 0 Å². The predicted octanol–water partition coefficient (Wildman–Crippen LogP) is 1.94. The van der Waals surface area contributed by atoms with Crippen molar-refractivity contribution in [2.24, 2.45) is 5.41 Å². The minimum atomic E-state index is -0.368. The van der Waals surface area contributed by atoms with E-state index in [9.17, 15) is 9.59 Å². The van der Waals surface area contributed by atoms with Crippen LogP contribution in [0.2, 0.25) is 0 Å². The molecule has 6 heteroatoms. The summed E-state index contributed by atoms with van der Waals surface area (Å²) in [6.07, 6.45) is 4.60. The van der Waals surface area contributed by atoms with Gasteiger partial charge in [0, 0.05) is 30.5 Å². The maximum Gasteiger partial charge on any atom is 0.270 e. The van der Waals surface area contributed by atoms with Crippen molar-refractivity contribution in [1.82, 2.24) is 14.7 Å². The second kappa shape index (κ2) is 6.73. The van der Waals surface area contributed by atoms with Crippen molar-refractivity contribution >= 4 is 11.6 Å². The van der Waals surface area contributed by atoms with E-state index in [-0.39, 0.29) is 22.4 Å². The van der Waals surface area contributed by atoms with Crippen molar-refractivity contribution < 1.29 is 9.53 Å². The lowest BCUT2D eigenvalue weighted by molar-refractivity contribution is -0.000195. The SMILES string of the molecule is CCOCC1(CNC(=O)c2cnc3cccc(C)n3c2=O)CCC1. The van der Waals surface area contributed by atoms with Crippen LogP contribution in [-0.2, 0) is 4.74 Å². The Kier molecular flexibility index (Phi) is 4.66. The van der Waals surface area contributed by atoms with Crippen LogP contribution in [0.3, 0.4) is 0 Å². The number of hydrogen-bond donors (Lipinski definition) is 1. The van der Waals surface area contributed by atoms with Gasteiger partial charge in [-0.2, -0.15) is 0 Å². The zero-order valence-corrected chi connectivity index (χ0v) is 14.2. The van der Waals surface area contributed by atoms with Crippen molar-refractivity contribution in [3.63, 3.8) is 0 Å². The highest BCUT2D eigenvalue weighted by atomic mass is 16.5. The lowest BCUT2D eigenvalue weighted by Gasteiger charge is -2.41. The van der Waals surface area contributed by atoms with Gasteiger partial charge >= 0.3 is 0 Å². The van der Waals surface area contributed by atoms with Gasteiger partial charge in [0.25, 0.3) is 11.5 Å².